The van der Waals surface area contributed by atoms with E-state index in [-0.39, 0.29) is 22.8 Å². The van der Waals surface area contributed by atoms with E-state index in [0.29, 0.717) is 18.0 Å². The summed E-state index contributed by atoms with van der Waals surface area (Å²) in [6.45, 7) is 0. The van der Waals surface area contributed by atoms with Gasteiger partial charge in [0, 0.05) is 30.7 Å². The van der Waals surface area contributed by atoms with E-state index in [0.717, 1.165) is 37.8 Å². The van der Waals surface area contributed by atoms with E-state index in [2.05, 4.69) is 26.0 Å². The topological polar surface area (TPSA) is 101 Å². The molecule has 4 rings (SSSR count). The van der Waals surface area contributed by atoms with Crippen molar-refractivity contribution in [1.82, 2.24) is 20.1 Å². The molecule has 3 aromatic rings. The van der Waals surface area contributed by atoms with Gasteiger partial charge < -0.3 is 16.0 Å². The standard InChI is InChI=1S/C25H27F3N6O2/c1-34-14-18(13-30-34)32-25(36)22(10-15-4-2-3-5-15)33-24(35)16-6-7-19(26)20(11-16)31-17-8-9-29-21(12-17)23(27)28/h6-9,11-15,22-23H,2-5,10H2,1H3,(H,29,31)(H,32,36)(H,33,35)/t22-/m0/s1. The minimum Gasteiger partial charge on any atom is -0.353 e. The second kappa shape index (κ2) is 11.2. The first-order valence-corrected chi connectivity index (χ1v) is 11.7. The Kier molecular flexibility index (Phi) is 7.87. The molecule has 0 radical (unpaired) electrons. The van der Waals surface area contributed by atoms with Crippen LogP contribution >= 0.6 is 0 Å². The van der Waals surface area contributed by atoms with Gasteiger partial charge in [-0.15, -0.1) is 0 Å². The zero-order valence-electron chi connectivity index (χ0n) is 19.7. The molecule has 2 heterocycles. The lowest BCUT2D eigenvalue weighted by molar-refractivity contribution is -0.118. The van der Waals surface area contributed by atoms with E-state index >= 15 is 0 Å². The molecule has 0 unspecified atom stereocenters. The number of halogens is 3. The average Bonchev–Trinajstić information content (AvgIpc) is 3.51. The number of aryl methyl sites for hydroxylation is 1. The molecule has 0 aliphatic heterocycles. The van der Waals surface area contributed by atoms with Crippen LogP contribution in [-0.2, 0) is 11.8 Å². The van der Waals surface area contributed by atoms with Crippen LogP contribution in [0.5, 0.6) is 0 Å². The molecule has 0 saturated heterocycles. The molecule has 1 fully saturated rings. The first-order valence-electron chi connectivity index (χ1n) is 11.7. The van der Waals surface area contributed by atoms with Crippen molar-refractivity contribution < 1.29 is 22.8 Å². The van der Waals surface area contributed by atoms with E-state index in [1.54, 1.807) is 17.9 Å². The van der Waals surface area contributed by atoms with Crippen molar-refractivity contribution in [2.45, 2.75) is 44.6 Å². The molecule has 0 spiro atoms. The number of nitrogens with zero attached hydrogens (tertiary/aromatic N) is 3. The molecular weight excluding hydrogens is 473 g/mol. The highest BCUT2D eigenvalue weighted by Gasteiger charge is 2.27. The average molecular weight is 501 g/mol. The molecule has 2 amide bonds. The van der Waals surface area contributed by atoms with Crippen LogP contribution in [0.3, 0.4) is 0 Å². The zero-order valence-corrected chi connectivity index (χ0v) is 19.7. The summed E-state index contributed by atoms with van der Waals surface area (Å²) < 4.78 is 41.9. The van der Waals surface area contributed by atoms with Crippen LogP contribution in [0.2, 0.25) is 0 Å². The fourth-order valence-electron chi connectivity index (χ4n) is 4.33. The Morgan fingerprint density at radius 3 is 2.61 bits per heavy atom. The number of hydrogen-bond acceptors (Lipinski definition) is 5. The summed E-state index contributed by atoms with van der Waals surface area (Å²) in [5, 5.41) is 12.3. The van der Waals surface area contributed by atoms with Gasteiger partial charge in [-0.2, -0.15) is 5.10 Å². The minimum atomic E-state index is -2.77. The van der Waals surface area contributed by atoms with Gasteiger partial charge in [-0.25, -0.2) is 13.2 Å². The maximum Gasteiger partial charge on any atom is 0.280 e. The maximum atomic E-state index is 14.5. The third kappa shape index (κ3) is 6.41. The van der Waals surface area contributed by atoms with E-state index in [9.17, 15) is 22.8 Å². The Labute approximate surface area is 206 Å². The van der Waals surface area contributed by atoms with Gasteiger partial charge in [0.1, 0.15) is 17.6 Å². The zero-order chi connectivity index (χ0) is 25.7. The number of aromatic nitrogens is 3. The summed E-state index contributed by atoms with van der Waals surface area (Å²) in [4.78, 5) is 29.7. The van der Waals surface area contributed by atoms with Crippen molar-refractivity contribution in [2.24, 2.45) is 13.0 Å². The highest BCUT2D eigenvalue weighted by molar-refractivity contribution is 6.01. The van der Waals surface area contributed by atoms with Gasteiger partial charge in [0.25, 0.3) is 12.3 Å². The van der Waals surface area contributed by atoms with Crippen LogP contribution in [0, 0.1) is 11.7 Å². The monoisotopic (exact) mass is 500 g/mol. The molecule has 3 N–H and O–H groups in total. The largest absolute Gasteiger partial charge is 0.353 e. The Morgan fingerprint density at radius 2 is 1.92 bits per heavy atom. The molecule has 1 aromatic carbocycles. The Bertz CT molecular complexity index is 1230. The third-order valence-corrected chi connectivity index (χ3v) is 6.15. The predicted molar refractivity (Wildman–Crippen MR) is 129 cm³/mol. The Balaban J connectivity index is 1.50. The number of hydrogen-bond donors (Lipinski definition) is 3. The number of anilines is 3. The van der Waals surface area contributed by atoms with Crippen LogP contribution in [0.15, 0.2) is 48.9 Å². The lowest BCUT2D eigenvalue weighted by atomic mass is 9.97. The van der Waals surface area contributed by atoms with E-state index < -0.39 is 29.9 Å². The van der Waals surface area contributed by atoms with Crippen molar-refractivity contribution in [3.05, 3.63) is 66.0 Å². The molecule has 1 saturated carbocycles. The maximum absolute atomic E-state index is 14.5. The van der Waals surface area contributed by atoms with Gasteiger partial charge >= 0.3 is 0 Å². The fourth-order valence-corrected chi connectivity index (χ4v) is 4.33. The molecule has 1 aliphatic rings. The minimum absolute atomic E-state index is 0.0683. The molecule has 1 atom stereocenters. The first kappa shape index (κ1) is 25.2. The van der Waals surface area contributed by atoms with Gasteiger partial charge in [0.05, 0.1) is 17.6 Å². The number of nitrogens with one attached hydrogen (secondary N) is 3. The molecular formula is C25H27F3N6O2. The number of carbonyl (C=O) groups is 2. The molecule has 36 heavy (non-hydrogen) atoms. The van der Waals surface area contributed by atoms with Crippen LogP contribution in [0.4, 0.5) is 30.2 Å². The quantitative estimate of drug-likeness (QED) is 0.386. The van der Waals surface area contributed by atoms with Crippen LogP contribution in [0.1, 0.15) is 54.6 Å². The highest BCUT2D eigenvalue weighted by atomic mass is 19.3. The number of carbonyl (C=O) groups excluding carboxylic acids is 2. The number of pyridine rings is 1. The van der Waals surface area contributed by atoms with Crippen molar-refractivity contribution >= 4 is 28.9 Å². The van der Waals surface area contributed by atoms with Gasteiger partial charge in [-0.1, -0.05) is 25.7 Å². The van der Waals surface area contributed by atoms with E-state index in [1.807, 2.05) is 0 Å². The van der Waals surface area contributed by atoms with Crippen molar-refractivity contribution in [2.75, 3.05) is 10.6 Å². The lowest BCUT2D eigenvalue weighted by Gasteiger charge is -2.21. The summed E-state index contributed by atoms with van der Waals surface area (Å²) in [5.74, 6) is -1.26. The second-order valence-electron chi connectivity index (χ2n) is 8.89. The molecule has 11 heteroatoms. The normalized spacial score (nSPS) is 14.6. The predicted octanol–water partition coefficient (Wildman–Crippen LogP) is 4.95. The number of amides is 2. The van der Waals surface area contributed by atoms with Gasteiger partial charge in [0.2, 0.25) is 5.91 Å². The summed E-state index contributed by atoms with van der Waals surface area (Å²) >= 11 is 0. The summed E-state index contributed by atoms with van der Waals surface area (Å²) in [5.41, 5.74) is 0.311. The lowest BCUT2D eigenvalue weighted by Crippen LogP contribution is -2.44. The van der Waals surface area contributed by atoms with Crippen molar-refractivity contribution in [1.29, 1.82) is 0 Å². The molecule has 2 aromatic heterocycles. The molecule has 8 nitrogen and oxygen atoms in total. The van der Waals surface area contributed by atoms with Crippen molar-refractivity contribution in [3.8, 4) is 0 Å². The number of rotatable bonds is 9. The fraction of sp³-hybridized carbons (Fsp3) is 0.360. The molecule has 190 valence electrons. The highest BCUT2D eigenvalue weighted by Crippen LogP contribution is 2.29. The summed E-state index contributed by atoms with van der Waals surface area (Å²) in [6, 6.07) is 5.41. The smallest absolute Gasteiger partial charge is 0.280 e. The SMILES string of the molecule is Cn1cc(NC(=O)[C@H](CC2CCCC2)NC(=O)c2ccc(F)c(Nc3ccnc(C(F)F)c3)c2)cn1. The van der Waals surface area contributed by atoms with Gasteiger partial charge in [0.15, 0.2) is 0 Å². The van der Waals surface area contributed by atoms with E-state index in [4.69, 9.17) is 0 Å². The Morgan fingerprint density at radius 1 is 1.14 bits per heavy atom. The summed E-state index contributed by atoms with van der Waals surface area (Å²) in [7, 11) is 1.73. The van der Waals surface area contributed by atoms with Crippen molar-refractivity contribution in [3.63, 3.8) is 0 Å². The van der Waals surface area contributed by atoms with Gasteiger partial charge in [-0.3, -0.25) is 19.3 Å². The van der Waals surface area contributed by atoms with Crippen LogP contribution in [-0.4, -0.2) is 32.6 Å². The van der Waals surface area contributed by atoms with E-state index in [1.165, 1.54) is 30.6 Å². The first-order chi connectivity index (χ1) is 17.3. The summed E-state index contributed by atoms with van der Waals surface area (Å²) in [6.07, 6.45) is 6.22. The second-order valence-corrected chi connectivity index (χ2v) is 8.89. The molecule has 1 aliphatic carbocycles. The third-order valence-electron chi connectivity index (χ3n) is 6.15. The van der Waals surface area contributed by atoms with Crippen LogP contribution < -0.4 is 16.0 Å². The number of alkyl halides is 2. The number of benzene rings is 1. The van der Waals surface area contributed by atoms with Gasteiger partial charge in [-0.05, 0) is 42.7 Å². The molecule has 0 bridgehead atoms. The van der Waals surface area contributed by atoms with Crippen LogP contribution in [0.25, 0.3) is 0 Å². The Hall–Kier alpha value is -3.89.